The summed E-state index contributed by atoms with van der Waals surface area (Å²) < 4.78 is 10.9. The zero-order valence-electron chi connectivity index (χ0n) is 23.1. The number of Topliss-reactive ketones (excluding diaryl/α,β-unsaturated/α-hetero) is 2. The Bertz CT molecular complexity index is 1640. The van der Waals surface area contributed by atoms with Crippen LogP contribution in [0.2, 0.25) is 0 Å². The van der Waals surface area contributed by atoms with E-state index in [-0.39, 0.29) is 41.1 Å². The number of ketones is 2. The predicted octanol–water partition coefficient (Wildman–Crippen LogP) is 1.51. The lowest BCUT2D eigenvalue weighted by Gasteiger charge is -2.60. The van der Waals surface area contributed by atoms with E-state index < -0.39 is 58.0 Å². The molecule has 4 unspecified atom stereocenters. The minimum absolute atomic E-state index is 0.00773. The SMILES string of the molecule is CC(C)c1cc(-c2ccc(O)c3c2CC2CC4C(N5CC6(COC6)C5)C(=O)C(C(N)=O)=C(O)C4(O)C(=O)C2=C3O)on1. The molecule has 12 heteroatoms. The van der Waals surface area contributed by atoms with Gasteiger partial charge in [-0.25, -0.2) is 0 Å². The molecule has 1 saturated carbocycles. The summed E-state index contributed by atoms with van der Waals surface area (Å²) in [5, 5.41) is 49.5. The molecule has 3 aliphatic carbocycles. The van der Waals surface area contributed by atoms with Crippen LogP contribution in [0.25, 0.3) is 17.1 Å². The van der Waals surface area contributed by atoms with Gasteiger partial charge in [-0.3, -0.25) is 19.3 Å². The first-order valence-electron chi connectivity index (χ1n) is 14.0. The first-order chi connectivity index (χ1) is 19.9. The van der Waals surface area contributed by atoms with Crippen LogP contribution in [0, 0.1) is 17.3 Å². The van der Waals surface area contributed by atoms with Crippen LogP contribution in [0.3, 0.4) is 0 Å². The first kappa shape index (κ1) is 26.9. The summed E-state index contributed by atoms with van der Waals surface area (Å²) in [7, 11) is 0. The zero-order valence-corrected chi connectivity index (χ0v) is 23.1. The van der Waals surface area contributed by atoms with Gasteiger partial charge in [0.1, 0.15) is 22.8 Å². The van der Waals surface area contributed by atoms with E-state index in [0.29, 0.717) is 43.2 Å². The van der Waals surface area contributed by atoms with Crippen LogP contribution >= 0.6 is 0 Å². The monoisotopic (exact) mass is 577 g/mol. The van der Waals surface area contributed by atoms with Crippen LogP contribution in [0.5, 0.6) is 5.75 Å². The van der Waals surface area contributed by atoms with Crippen LogP contribution in [-0.2, 0) is 25.5 Å². The quantitative estimate of drug-likeness (QED) is 0.330. The molecule has 42 heavy (non-hydrogen) atoms. The Balaban J connectivity index is 1.36. The standard InChI is InChI=1S/C30H31N3O9/c1-12(2)17-7-19(42-32-17)14-3-4-18(34)21-15(14)5-13-6-16-23(33-8-29(9-33)10-41-11-29)25(36)22(28(31)39)27(38)30(16,40)26(37)20(13)24(21)35/h3-4,7,12-13,16,23,34-35,38,40H,5-6,8-11H2,1-2H3,(H2,31,39). The number of aromatic hydroxyl groups is 1. The number of nitrogens with zero attached hydrogens (tertiary/aromatic N) is 2. The fourth-order valence-corrected chi connectivity index (χ4v) is 7.57. The van der Waals surface area contributed by atoms with E-state index >= 15 is 0 Å². The summed E-state index contributed by atoms with van der Waals surface area (Å²) in [4.78, 5) is 42.0. The molecular weight excluding hydrogens is 546 g/mol. The molecule has 3 heterocycles. The molecule has 5 aliphatic rings. The number of aromatic nitrogens is 1. The van der Waals surface area contributed by atoms with E-state index in [1.165, 1.54) is 6.07 Å². The number of fused-ring (bicyclic) bond motifs is 3. The van der Waals surface area contributed by atoms with Crippen molar-refractivity contribution in [3.8, 4) is 17.1 Å². The van der Waals surface area contributed by atoms with Crippen LogP contribution in [0.1, 0.15) is 43.0 Å². The average molecular weight is 578 g/mol. The lowest BCUT2D eigenvalue weighted by atomic mass is 9.56. The number of likely N-dealkylation sites (tertiary alicyclic amines) is 1. The Hall–Kier alpha value is -4.00. The number of ether oxygens (including phenoxy) is 1. The van der Waals surface area contributed by atoms with Crippen LogP contribution in [0.4, 0.5) is 0 Å². The topological polar surface area (TPSA) is 197 Å². The van der Waals surface area contributed by atoms with Gasteiger partial charge in [-0.1, -0.05) is 19.0 Å². The maximum absolute atomic E-state index is 14.2. The number of aliphatic hydroxyl groups is 3. The molecule has 1 amide bonds. The molecular formula is C30H31N3O9. The van der Waals surface area contributed by atoms with Crippen molar-refractivity contribution in [3.05, 3.63) is 51.9 Å². The second-order valence-electron chi connectivity index (χ2n) is 12.7. The number of benzene rings is 1. The normalized spacial score (nSPS) is 30.1. The van der Waals surface area contributed by atoms with Gasteiger partial charge in [-0.05, 0) is 42.4 Å². The maximum atomic E-state index is 14.2. The summed E-state index contributed by atoms with van der Waals surface area (Å²) in [5.74, 6) is -6.24. The number of phenols is 1. The van der Waals surface area contributed by atoms with Crippen molar-refractivity contribution in [1.82, 2.24) is 10.1 Å². The molecule has 3 fully saturated rings. The molecule has 1 aromatic heterocycles. The fraction of sp³-hybridized carbons (Fsp3) is 0.467. The highest BCUT2D eigenvalue weighted by Crippen LogP contribution is 2.55. The van der Waals surface area contributed by atoms with Gasteiger partial charge in [-0.2, -0.15) is 0 Å². The highest BCUT2D eigenvalue weighted by atomic mass is 16.5. The van der Waals surface area contributed by atoms with E-state index in [9.17, 15) is 34.8 Å². The molecule has 1 spiro atoms. The summed E-state index contributed by atoms with van der Waals surface area (Å²) in [6.45, 7) is 5.90. The second-order valence-corrected chi connectivity index (χ2v) is 12.7. The highest BCUT2D eigenvalue weighted by Gasteiger charge is 2.66. The molecule has 1 aromatic carbocycles. The lowest BCUT2D eigenvalue weighted by Crippen LogP contribution is -2.74. The van der Waals surface area contributed by atoms with E-state index in [2.05, 4.69) is 5.16 Å². The van der Waals surface area contributed by atoms with Gasteiger partial charge in [0.05, 0.1) is 30.5 Å². The first-order valence-corrected chi connectivity index (χ1v) is 14.0. The largest absolute Gasteiger partial charge is 0.508 e. The van der Waals surface area contributed by atoms with Crippen molar-refractivity contribution < 1.29 is 44.1 Å². The molecule has 4 atom stereocenters. The maximum Gasteiger partial charge on any atom is 0.255 e. The number of aliphatic hydroxyl groups excluding tert-OH is 2. The smallest absolute Gasteiger partial charge is 0.255 e. The van der Waals surface area contributed by atoms with Gasteiger partial charge in [0, 0.05) is 41.6 Å². The molecule has 2 aromatic rings. The number of primary amides is 1. The molecule has 220 valence electrons. The summed E-state index contributed by atoms with van der Waals surface area (Å²) in [5.41, 5.74) is 3.50. The molecule has 2 saturated heterocycles. The lowest BCUT2D eigenvalue weighted by molar-refractivity contribution is -0.211. The third kappa shape index (κ3) is 3.39. The summed E-state index contributed by atoms with van der Waals surface area (Å²) in [6, 6.07) is 3.71. The average Bonchev–Trinajstić information content (AvgIpc) is 3.36. The Morgan fingerprint density at radius 1 is 1.17 bits per heavy atom. The van der Waals surface area contributed by atoms with Gasteiger partial charge in [0.15, 0.2) is 17.1 Å². The molecule has 7 rings (SSSR count). The molecule has 2 aliphatic heterocycles. The van der Waals surface area contributed by atoms with E-state index in [1.807, 2.05) is 13.8 Å². The Morgan fingerprint density at radius 3 is 2.48 bits per heavy atom. The van der Waals surface area contributed by atoms with Crippen molar-refractivity contribution in [2.24, 2.45) is 23.0 Å². The van der Waals surface area contributed by atoms with Crippen molar-refractivity contribution in [2.75, 3.05) is 26.3 Å². The van der Waals surface area contributed by atoms with E-state index in [0.717, 1.165) is 5.69 Å². The van der Waals surface area contributed by atoms with Gasteiger partial charge in [0.2, 0.25) is 5.78 Å². The minimum Gasteiger partial charge on any atom is -0.508 e. The van der Waals surface area contributed by atoms with Crippen molar-refractivity contribution in [2.45, 2.75) is 44.2 Å². The number of phenolic OH excluding ortho intramolecular Hbond substituents is 1. The number of rotatable bonds is 4. The summed E-state index contributed by atoms with van der Waals surface area (Å²) in [6.07, 6.45) is 0.191. The van der Waals surface area contributed by atoms with Gasteiger partial charge < -0.3 is 35.4 Å². The van der Waals surface area contributed by atoms with Gasteiger partial charge in [-0.15, -0.1) is 0 Å². The highest BCUT2D eigenvalue weighted by molar-refractivity contribution is 6.24. The third-order valence-electron chi connectivity index (χ3n) is 9.72. The van der Waals surface area contributed by atoms with Gasteiger partial charge in [0.25, 0.3) is 5.91 Å². The van der Waals surface area contributed by atoms with Crippen molar-refractivity contribution in [3.63, 3.8) is 0 Å². The summed E-state index contributed by atoms with van der Waals surface area (Å²) >= 11 is 0. The molecule has 0 bridgehead atoms. The van der Waals surface area contributed by atoms with Crippen LogP contribution in [0.15, 0.2) is 39.6 Å². The van der Waals surface area contributed by atoms with Crippen molar-refractivity contribution >= 4 is 23.2 Å². The van der Waals surface area contributed by atoms with Crippen LogP contribution in [-0.4, -0.2) is 85.9 Å². The fourth-order valence-electron chi connectivity index (χ4n) is 7.57. The Labute approximate surface area is 240 Å². The molecule has 6 N–H and O–H groups in total. The van der Waals surface area contributed by atoms with E-state index in [1.54, 1.807) is 17.0 Å². The van der Waals surface area contributed by atoms with Crippen LogP contribution < -0.4 is 5.73 Å². The zero-order chi connectivity index (χ0) is 29.9. The minimum atomic E-state index is -2.68. The molecule has 0 radical (unpaired) electrons. The Morgan fingerprint density at radius 2 is 1.88 bits per heavy atom. The van der Waals surface area contributed by atoms with Crippen molar-refractivity contribution in [1.29, 1.82) is 0 Å². The third-order valence-corrected chi connectivity index (χ3v) is 9.72. The number of carbonyl (C=O) groups is 3. The number of carbonyl (C=O) groups excluding carboxylic acids is 3. The predicted molar refractivity (Wildman–Crippen MR) is 145 cm³/mol. The number of hydrogen-bond acceptors (Lipinski definition) is 11. The van der Waals surface area contributed by atoms with E-state index in [4.69, 9.17) is 15.0 Å². The molecule has 12 nitrogen and oxygen atoms in total. The number of nitrogens with two attached hydrogens (primary N) is 1. The second kappa shape index (κ2) is 8.76. The van der Waals surface area contributed by atoms with Gasteiger partial charge >= 0.3 is 0 Å². The number of amides is 1. The Kier molecular flexibility index (Phi) is 5.60. The number of hydrogen-bond donors (Lipinski definition) is 5.